The van der Waals surface area contributed by atoms with Crippen LogP contribution in [0.1, 0.15) is 5.56 Å². The predicted molar refractivity (Wildman–Crippen MR) is 64.9 cm³/mol. The van der Waals surface area contributed by atoms with Crippen LogP contribution >= 0.6 is 0 Å². The van der Waals surface area contributed by atoms with Crippen LogP contribution in [0, 0.1) is 5.82 Å². The molecule has 3 N–H and O–H groups in total. The quantitative estimate of drug-likeness (QED) is 0.723. The van der Waals surface area contributed by atoms with Gasteiger partial charge in [-0.2, -0.15) is 0 Å². The van der Waals surface area contributed by atoms with Crippen LogP contribution in [-0.2, 0) is 11.3 Å². The molecular formula is C12H15FN2O4. The molecule has 0 bridgehead atoms. The van der Waals surface area contributed by atoms with Gasteiger partial charge in [0.05, 0.1) is 6.54 Å². The fraction of sp³-hybridized carbons (Fsp3) is 0.333. The Balaban J connectivity index is 2.44. The maximum Gasteiger partial charge on any atom is 0.334 e. The first-order valence-corrected chi connectivity index (χ1v) is 5.54. The van der Waals surface area contributed by atoms with Crippen LogP contribution in [0.15, 0.2) is 24.3 Å². The van der Waals surface area contributed by atoms with Crippen LogP contribution < -0.4 is 5.32 Å². The van der Waals surface area contributed by atoms with E-state index in [0.717, 1.165) is 5.56 Å². The molecule has 0 aliphatic carbocycles. The second-order valence-electron chi connectivity index (χ2n) is 4.02. The Bertz CT molecular complexity index is 450. The molecule has 0 aliphatic heterocycles. The first kappa shape index (κ1) is 14.9. The smallest absolute Gasteiger partial charge is 0.334 e. The summed E-state index contributed by atoms with van der Waals surface area (Å²) in [5.74, 6) is -1.76. The van der Waals surface area contributed by atoms with E-state index >= 15 is 0 Å². The second kappa shape index (κ2) is 6.69. The normalized spacial score (nSPS) is 11.7. The summed E-state index contributed by atoms with van der Waals surface area (Å²) in [5.41, 5.74) is 0.734. The van der Waals surface area contributed by atoms with Gasteiger partial charge >= 0.3 is 12.0 Å². The van der Waals surface area contributed by atoms with Crippen molar-refractivity contribution in [2.24, 2.45) is 0 Å². The molecule has 6 nitrogen and oxygen atoms in total. The molecule has 2 amide bonds. The lowest BCUT2D eigenvalue weighted by Gasteiger charge is -2.18. The summed E-state index contributed by atoms with van der Waals surface area (Å²) in [4.78, 5) is 23.2. The molecule has 0 saturated carbocycles. The largest absolute Gasteiger partial charge is 0.479 e. The van der Waals surface area contributed by atoms with Crippen molar-refractivity contribution in [3.8, 4) is 0 Å². The molecule has 19 heavy (non-hydrogen) atoms. The average Bonchev–Trinajstić information content (AvgIpc) is 2.37. The van der Waals surface area contributed by atoms with Crippen molar-refractivity contribution in [3.63, 3.8) is 0 Å². The molecule has 7 heteroatoms. The van der Waals surface area contributed by atoms with E-state index in [2.05, 4.69) is 5.32 Å². The lowest BCUT2D eigenvalue weighted by atomic mass is 10.2. The minimum absolute atomic E-state index is 0.245. The van der Waals surface area contributed by atoms with Gasteiger partial charge in [0.2, 0.25) is 0 Å². The number of nitrogens with zero attached hydrogens (tertiary/aromatic N) is 1. The van der Waals surface area contributed by atoms with E-state index in [9.17, 15) is 14.0 Å². The topological polar surface area (TPSA) is 89.9 Å². The molecule has 1 atom stereocenters. The van der Waals surface area contributed by atoms with Crippen molar-refractivity contribution in [1.29, 1.82) is 0 Å². The van der Waals surface area contributed by atoms with Gasteiger partial charge < -0.3 is 20.4 Å². The number of urea groups is 1. The Morgan fingerprint density at radius 3 is 2.47 bits per heavy atom. The fourth-order valence-corrected chi connectivity index (χ4v) is 1.34. The molecule has 1 rings (SSSR count). The molecule has 0 heterocycles. The Morgan fingerprint density at radius 1 is 1.37 bits per heavy atom. The van der Waals surface area contributed by atoms with Crippen molar-refractivity contribution < 1.29 is 24.2 Å². The zero-order valence-corrected chi connectivity index (χ0v) is 10.3. The van der Waals surface area contributed by atoms with Gasteiger partial charge in [-0.25, -0.2) is 14.0 Å². The van der Waals surface area contributed by atoms with E-state index in [4.69, 9.17) is 10.2 Å². The lowest BCUT2D eigenvalue weighted by Crippen LogP contribution is -2.42. The molecule has 0 fully saturated rings. The molecular weight excluding hydrogens is 255 g/mol. The van der Waals surface area contributed by atoms with Gasteiger partial charge in [-0.05, 0) is 17.7 Å². The maximum absolute atomic E-state index is 12.7. The number of carboxylic acids is 1. The van der Waals surface area contributed by atoms with E-state index in [1.165, 1.54) is 24.1 Å². The van der Waals surface area contributed by atoms with E-state index in [1.807, 2.05) is 0 Å². The third-order valence-corrected chi connectivity index (χ3v) is 2.41. The molecule has 0 aliphatic rings. The van der Waals surface area contributed by atoms with Gasteiger partial charge in [-0.15, -0.1) is 0 Å². The van der Waals surface area contributed by atoms with Crippen molar-refractivity contribution in [2.75, 3.05) is 13.6 Å². The van der Waals surface area contributed by atoms with Crippen LogP contribution in [0.5, 0.6) is 0 Å². The average molecular weight is 270 g/mol. The minimum Gasteiger partial charge on any atom is -0.479 e. The highest BCUT2D eigenvalue weighted by Crippen LogP contribution is 2.05. The third kappa shape index (κ3) is 4.92. The molecule has 0 saturated heterocycles. The highest BCUT2D eigenvalue weighted by molar-refractivity contribution is 5.76. The lowest BCUT2D eigenvalue weighted by molar-refractivity contribution is -0.146. The second-order valence-corrected chi connectivity index (χ2v) is 4.02. The Hall–Kier alpha value is -2.15. The van der Waals surface area contributed by atoms with Gasteiger partial charge in [0, 0.05) is 13.6 Å². The van der Waals surface area contributed by atoms with E-state index in [-0.39, 0.29) is 18.9 Å². The number of hydrogen-bond acceptors (Lipinski definition) is 3. The third-order valence-electron chi connectivity index (χ3n) is 2.41. The maximum atomic E-state index is 12.7. The summed E-state index contributed by atoms with van der Waals surface area (Å²) in [6.07, 6.45) is -1.64. The SMILES string of the molecule is CN(Cc1ccc(F)cc1)C(=O)NC[C@H](O)C(=O)O. The Morgan fingerprint density at radius 2 is 1.95 bits per heavy atom. The number of carboxylic acid groups (broad SMARTS) is 1. The first-order chi connectivity index (χ1) is 8.90. The molecule has 1 aromatic rings. The summed E-state index contributed by atoms with van der Waals surface area (Å²) in [6.45, 7) is -0.128. The monoisotopic (exact) mass is 270 g/mol. The number of aliphatic hydroxyl groups excluding tert-OH is 1. The van der Waals surface area contributed by atoms with E-state index < -0.39 is 18.1 Å². The number of aliphatic carboxylic acids is 1. The predicted octanol–water partition coefficient (Wildman–Crippen LogP) is 0.413. The first-order valence-electron chi connectivity index (χ1n) is 5.54. The van der Waals surface area contributed by atoms with Crippen molar-refractivity contribution in [3.05, 3.63) is 35.6 Å². The van der Waals surface area contributed by atoms with Crippen LogP contribution in [0.3, 0.4) is 0 Å². The summed E-state index contributed by atoms with van der Waals surface area (Å²) in [5, 5.41) is 19.7. The number of rotatable bonds is 5. The summed E-state index contributed by atoms with van der Waals surface area (Å²) in [6, 6.07) is 5.14. The highest BCUT2D eigenvalue weighted by Gasteiger charge is 2.15. The summed E-state index contributed by atoms with van der Waals surface area (Å²) >= 11 is 0. The number of carbonyl (C=O) groups excluding carboxylic acids is 1. The number of aliphatic hydroxyl groups is 1. The minimum atomic E-state index is -1.64. The number of amides is 2. The number of benzene rings is 1. The molecule has 1 aromatic carbocycles. The van der Waals surface area contributed by atoms with Crippen molar-refractivity contribution in [2.45, 2.75) is 12.6 Å². The van der Waals surface area contributed by atoms with Gasteiger partial charge in [-0.3, -0.25) is 0 Å². The molecule has 104 valence electrons. The summed E-state index contributed by atoms with van der Waals surface area (Å²) < 4.78 is 12.7. The van der Waals surface area contributed by atoms with E-state index in [0.29, 0.717) is 0 Å². The van der Waals surface area contributed by atoms with Gasteiger partial charge in [0.25, 0.3) is 0 Å². The zero-order valence-electron chi connectivity index (χ0n) is 10.3. The number of nitrogens with one attached hydrogen (secondary N) is 1. The van der Waals surface area contributed by atoms with Gasteiger partial charge in [-0.1, -0.05) is 12.1 Å². The number of carbonyl (C=O) groups is 2. The summed E-state index contributed by atoms with van der Waals surface area (Å²) in [7, 11) is 1.51. The number of halogens is 1. The van der Waals surface area contributed by atoms with Gasteiger partial charge in [0.1, 0.15) is 5.82 Å². The number of hydrogen-bond donors (Lipinski definition) is 3. The Labute approximate surface area is 109 Å². The Kier molecular flexibility index (Phi) is 5.25. The van der Waals surface area contributed by atoms with Crippen molar-refractivity contribution >= 4 is 12.0 Å². The standard InChI is InChI=1S/C12H15FN2O4/c1-15(7-8-2-4-9(13)5-3-8)12(19)14-6-10(16)11(17)18/h2-5,10,16H,6-7H2,1H3,(H,14,19)(H,17,18)/t10-/m0/s1. The molecule has 0 spiro atoms. The van der Waals surface area contributed by atoms with Crippen molar-refractivity contribution in [1.82, 2.24) is 10.2 Å². The van der Waals surface area contributed by atoms with Crippen LogP contribution in [0.25, 0.3) is 0 Å². The van der Waals surface area contributed by atoms with Crippen LogP contribution in [0.2, 0.25) is 0 Å². The fourth-order valence-electron chi connectivity index (χ4n) is 1.34. The van der Waals surface area contributed by atoms with Crippen LogP contribution in [-0.4, -0.2) is 46.8 Å². The van der Waals surface area contributed by atoms with E-state index in [1.54, 1.807) is 12.1 Å². The molecule has 0 radical (unpaired) electrons. The van der Waals surface area contributed by atoms with Crippen LogP contribution in [0.4, 0.5) is 9.18 Å². The highest BCUT2D eigenvalue weighted by atomic mass is 19.1. The molecule has 0 aromatic heterocycles. The molecule has 0 unspecified atom stereocenters. The van der Waals surface area contributed by atoms with Gasteiger partial charge in [0.15, 0.2) is 6.10 Å². The zero-order chi connectivity index (χ0) is 14.4.